The molecule has 0 saturated carbocycles. The summed E-state index contributed by atoms with van der Waals surface area (Å²) in [6.45, 7) is 7.03. The predicted octanol–water partition coefficient (Wildman–Crippen LogP) is 1.57. The average Bonchev–Trinajstić information content (AvgIpc) is 2.52. The lowest BCUT2D eigenvalue weighted by Gasteiger charge is -2.18. The highest BCUT2D eigenvalue weighted by atomic mass is 16.2. The predicted molar refractivity (Wildman–Crippen MR) is 47.7 cm³/mol. The molecular weight excluding hydrogens is 150 g/mol. The minimum Gasteiger partial charge on any atom is -0.335 e. The van der Waals surface area contributed by atoms with Crippen LogP contribution in [0.4, 0.5) is 0 Å². The molecule has 2 aliphatic rings. The van der Waals surface area contributed by atoms with Crippen molar-refractivity contribution in [1.29, 1.82) is 0 Å². The second kappa shape index (κ2) is 2.61. The van der Waals surface area contributed by atoms with Crippen LogP contribution in [0.1, 0.15) is 26.2 Å². The summed E-state index contributed by atoms with van der Waals surface area (Å²) in [7, 11) is 0. The Labute approximate surface area is 73.2 Å². The van der Waals surface area contributed by atoms with Gasteiger partial charge in [0.15, 0.2) is 0 Å². The van der Waals surface area contributed by atoms with E-state index in [9.17, 15) is 4.79 Å². The zero-order valence-corrected chi connectivity index (χ0v) is 7.55. The van der Waals surface area contributed by atoms with Gasteiger partial charge in [0.05, 0.1) is 0 Å². The normalized spacial score (nSPS) is 34.6. The van der Waals surface area contributed by atoms with E-state index in [-0.39, 0.29) is 0 Å². The van der Waals surface area contributed by atoms with Gasteiger partial charge in [-0.05, 0) is 12.8 Å². The van der Waals surface area contributed by atoms with E-state index in [2.05, 4.69) is 13.5 Å². The van der Waals surface area contributed by atoms with Crippen LogP contribution in [0, 0.1) is 5.92 Å². The van der Waals surface area contributed by atoms with Crippen molar-refractivity contribution < 1.29 is 4.79 Å². The van der Waals surface area contributed by atoms with Crippen LogP contribution in [0.3, 0.4) is 0 Å². The van der Waals surface area contributed by atoms with E-state index in [0.717, 1.165) is 25.8 Å². The van der Waals surface area contributed by atoms with E-state index >= 15 is 0 Å². The van der Waals surface area contributed by atoms with Crippen molar-refractivity contribution in [3.8, 4) is 0 Å². The smallest absolute Gasteiger partial charge is 0.223 e. The van der Waals surface area contributed by atoms with Crippen LogP contribution in [0.25, 0.3) is 0 Å². The van der Waals surface area contributed by atoms with E-state index in [1.54, 1.807) is 0 Å². The van der Waals surface area contributed by atoms with Gasteiger partial charge in [-0.1, -0.05) is 19.1 Å². The first-order valence-corrected chi connectivity index (χ1v) is 4.71. The van der Waals surface area contributed by atoms with Crippen LogP contribution >= 0.6 is 0 Å². The number of rotatable bonds is 1. The highest BCUT2D eigenvalue weighted by molar-refractivity contribution is 5.80. The molecule has 2 unspecified atom stereocenters. The molecule has 66 valence electrons. The monoisotopic (exact) mass is 165 g/mol. The fourth-order valence-corrected chi connectivity index (χ4v) is 2.55. The third-order valence-corrected chi connectivity index (χ3v) is 3.18. The summed E-state index contributed by atoms with van der Waals surface area (Å²) in [5.41, 5.74) is 1.26. The lowest BCUT2D eigenvalue weighted by molar-refractivity contribution is -0.127. The first-order chi connectivity index (χ1) is 5.74. The Morgan fingerprint density at radius 2 is 2.42 bits per heavy atom. The number of hydrogen-bond acceptors (Lipinski definition) is 1. The number of carbonyl (C=O) groups is 1. The molecule has 0 radical (unpaired) electrons. The van der Waals surface area contributed by atoms with Gasteiger partial charge < -0.3 is 4.90 Å². The van der Waals surface area contributed by atoms with Gasteiger partial charge in [-0.15, -0.1) is 0 Å². The molecule has 2 heteroatoms. The van der Waals surface area contributed by atoms with Gasteiger partial charge in [0.1, 0.15) is 0 Å². The molecule has 1 amide bonds. The van der Waals surface area contributed by atoms with Gasteiger partial charge >= 0.3 is 0 Å². The number of amides is 1. The van der Waals surface area contributed by atoms with Crippen molar-refractivity contribution in [1.82, 2.24) is 4.90 Å². The number of fused-ring (bicyclic) bond motifs is 1. The zero-order chi connectivity index (χ0) is 8.72. The van der Waals surface area contributed by atoms with Gasteiger partial charge in [-0.2, -0.15) is 0 Å². The molecule has 0 bridgehead atoms. The minimum atomic E-state index is 0.331. The molecule has 12 heavy (non-hydrogen) atoms. The maximum Gasteiger partial charge on any atom is 0.223 e. The standard InChI is InChI=1S/C10H15NO/c1-3-8-7(2)6-11-9(8)4-5-10(11)12/h8-9H,2-6H2,1H3. The molecule has 0 aromatic heterocycles. The van der Waals surface area contributed by atoms with E-state index in [4.69, 9.17) is 0 Å². The van der Waals surface area contributed by atoms with E-state index < -0.39 is 0 Å². The Bertz CT molecular complexity index is 234. The van der Waals surface area contributed by atoms with Crippen molar-refractivity contribution in [2.24, 2.45) is 5.92 Å². The molecule has 2 saturated heterocycles. The molecule has 2 atom stereocenters. The van der Waals surface area contributed by atoms with Crippen molar-refractivity contribution in [2.75, 3.05) is 6.54 Å². The van der Waals surface area contributed by atoms with Crippen LogP contribution < -0.4 is 0 Å². The largest absolute Gasteiger partial charge is 0.335 e. The average molecular weight is 165 g/mol. The first-order valence-electron chi connectivity index (χ1n) is 4.71. The molecule has 0 spiro atoms. The highest BCUT2D eigenvalue weighted by Crippen LogP contribution is 2.37. The molecule has 2 aliphatic heterocycles. The van der Waals surface area contributed by atoms with Crippen LogP contribution in [0.15, 0.2) is 12.2 Å². The topological polar surface area (TPSA) is 20.3 Å². The van der Waals surface area contributed by atoms with Gasteiger partial charge in [-0.3, -0.25) is 4.79 Å². The Balaban J connectivity index is 2.20. The molecule has 0 aromatic rings. The van der Waals surface area contributed by atoms with Crippen LogP contribution in [0.5, 0.6) is 0 Å². The molecule has 2 nitrogen and oxygen atoms in total. The van der Waals surface area contributed by atoms with Crippen LogP contribution in [-0.4, -0.2) is 23.4 Å². The van der Waals surface area contributed by atoms with Crippen molar-refractivity contribution in [3.05, 3.63) is 12.2 Å². The lowest BCUT2D eigenvalue weighted by Crippen LogP contribution is -2.29. The summed E-state index contributed by atoms with van der Waals surface area (Å²) in [6, 6.07) is 0.495. The first kappa shape index (κ1) is 7.84. The van der Waals surface area contributed by atoms with Crippen molar-refractivity contribution in [3.63, 3.8) is 0 Å². The van der Waals surface area contributed by atoms with Gasteiger partial charge in [0, 0.05) is 24.9 Å². The summed E-state index contributed by atoms with van der Waals surface area (Å²) in [4.78, 5) is 13.4. The number of hydrogen-bond donors (Lipinski definition) is 0. The SMILES string of the molecule is C=C1CN2C(=O)CCC2C1CC. The summed E-state index contributed by atoms with van der Waals surface area (Å²) >= 11 is 0. The van der Waals surface area contributed by atoms with Gasteiger partial charge in [0.25, 0.3) is 0 Å². The Kier molecular flexibility index (Phi) is 1.71. The molecule has 0 aliphatic carbocycles. The van der Waals surface area contributed by atoms with E-state index in [1.165, 1.54) is 5.57 Å². The fourth-order valence-electron chi connectivity index (χ4n) is 2.55. The third kappa shape index (κ3) is 0.904. The second-order valence-corrected chi connectivity index (χ2v) is 3.80. The Morgan fingerprint density at radius 3 is 3.08 bits per heavy atom. The molecular formula is C10H15NO. The van der Waals surface area contributed by atoms with Crippen LogP contribution in [0.2, 0.25) is 0 Å². The van der Waals surface area contributed by atoms with E-state index in [1.807, 2.05) is 4.90 Å². The lowest BCUT2D eigenvalue weighted by atomic mass is 9.93. The second-order valence-electron chi connectivity index (χ2n) is 3.80. The summed E-state index contributed by atoms with van der Waals surface area (Å²) < 4.78 is 0. The maximum atomic E-state index is 11.3. The number of carbonyl (C=O) groups excluding carboxylic acids is 1. The maximum absolute atomic E-state index is 11.3. The van der Waals surface area contributed by atoms with E-state index in [0.29, 0.717) is 17.9 Å². The summed E-state index contributed by atoms with van der Waals surface area (Å²) in [6.07, 6.45) is 2.94. The summed E-state index contributed by atoms with van der Waals surface area (Å²) in [5, 5.41) is 0. The quantitative estimate of drug-likeness (QED) is 0.540. The Hall–Kier alpha value is -0.790. The van der Waals surface area contributed by atoms with Crippen molar-refractivity contribution in [2.45, 2.75) is 32.2 Å². The number of nitrogens with zero attached hydrogens (tertiary/aromatic N) is 1. The molecule has 0 aromatic carbocycles. The van der Waals surface area contributed by atoms with Crippen molar-refractivity contribution >= 4 is 5.91 Å². The third-order valence-electron chi connectivity index (χ3n) is 3.18. The molecule has 2 rings (SSSR count). The summed E-state index contributed by atoms with van der Waals surface area (Å²) in [5.74, 6) is 0.911. The van der Waals surface area contributed by atoms with Gasteiger partial charge in [0.2, 0.25) is 5.91 Å². The zero-order valence-electron chi connectivity index (χ0n) is 7.55. The Morgan fingerprint density at radius 1 is 1.67 bits per heavy atom. The molecule has 2 heterocycles. The molecule has 0 N–H and O–H groups in total. The molecule has 2 fully saturated rings. The van der Waals surface area contributed by atoms with Crippen LogP contribution in [-0.2, 0) is 4.79 Å². The van der Waals surface area contributed by atoms with Gasteiger partial charge in [-0.25, -0.2) is 0 Å². The minimum absolute atomic E-state index is 0.331. The highest BCUT2D eigenvalue weighted by Gasteiger charge is 2.42. The fraction of sp³-hybridized carbons (Fsp3) is 0.700.